The van der Waals surface area contributed by atoms with E-state index in [4.69, 9.17) is 9.15 Å². The third kappa shape index (κ3) is 3.37. The molecular formula is C13H18N2O5. The molecule has 1 heterocycles. The third-order valence-electron chi connectivity index (χ3n) is 2.88. The average Bonchev–Trinajstić information content (AvgIpc) is 2.62. The highest BCUT2D eigenvalue weighted by molar-refractivity contribution is 5.99. The van der Waals surface area contributed by atoms with Crippen molar-refractivity contribution < 1.29 is 23.5 Å². The number of amides is 3. The normalized spacial score (nSPS) is 11.7. The first-order valence-electron chi connectivity index (χ1n) is 6.08. The molecule has 0 aliphatic carbocycles. The molecule has 0 bridgehead atoms. The third-order valence-corrected chi connectivity index (χ3v) is 2.88. The summed E-state index contributed by atoms with van der Waals surface area (Å²) in [5.41, 5.74) is 0.980. The summed E-state index contributed by atoms with van der Waals surface area (Å²) in [4.78, 5) is 34.6. The highest BCUT2D eigenvalue weighted by Crippen LogP contribution is 2.21. The molecule has 0 radical (unpaired) electrons. The highest BCUT2D eigenvalue weighted by Gasteiger charge is 2.25. The maximum absolute atomic E-state index is 12.0. The van der Waals surface area contributed by atoms with Crippen LogP contribution in [0.5, 0.6) is 0 Å². The Hall–Kier alpha value is -2.31. The van der Waals surface area contributed by atoms with Crippen molar-refractivity contribution in [3.8, 4) is 0 Å². The number of hydrogen-bond donors (Lipinski definition) is 2. The molecule has 110 valence electrons. The van der Waals surface area contributed by atoms with Crippen molar-refractivity contribution in [2.24, 2.45) is 0 Å². The van der Waals surface area contributed by atoms with E-state index in [2.05, 4.69) is 5.32 Å². The fraction of sp³-hybridized carbons (Fsp3) is 0.462. The minimum Gasteiger partial charge on any atom is -0.465 e. The van der Waals surface area contributed by atoms with Crippen LogP contribution in [0.3, 0.4) is 0 Å². The van der Waals surface area contributed by atoms with Crippen molar-refractivity contribution in [3.63, 3.8) is 0 Å². The van der Waals surface area contributed by atoms with Gasteiger partial charge in [0.15, 0.2) is 6.10 Å². The first kappa shape index (κ1) is 15.7. The van der Waals surface area contributed by atoms with E-state index in [1.54, 1.807) is 20.8 Å². The van der Waals surface area contributed by atoms with E-state index in [-0.39, 0.29) is 0 Å². The first-order chi connectivity index (χ1) is 9.27. The number of ether oxygens (including phenoxy) is 1. The minimum absolute atomic E-state index is 0.307. The van der Waals surface area contributed by atoms with E-state index in [1.165, 1.54) is 14.0 Å². The topological polar surface area (TPSA) is 97.6 Å². The van der Waals surface area contributed by atoms with Gasteiger partial charge in [-0.3, -0.25) is 10.1 Å². The maximum Gasteiger partial charge on any atom is 0.342 e. The molecule has 0 aromatic carbocycles. The Balaban J connectivity index is 2.75. The zero-order valence-electron chi connectivity index (χ0n) is 12.1. The molecule has 0 saturated heterocycles. The van der Waals surface area contributed by atoms with Crippen LogP contribution >= 0.6 is 0 Å². The van der Waals surface area contributed by atoms with Crippen LogP contribution in [-0.2, 0) is 9.53 Å². The van der Waals surface area contributed by atoms with Gasteiger partial charge in [-0.15, -0.1) is 0 Å². The number of nitrogens with one attached hydrogen (secondary N) is 2. The monoisotopic (exact) mass is 282 g/mol. The summed E-state index contributed by atoms with van der Waals surface area (Å²) < 4.78 is 10.4. The van der Waals surface area contributed by atoms with Crippen LogP contribution in [0.1, 0.15) is 34.4 Å². The van der Waals surface area contributed by atoms with Crippen LogP contribution in [0.15, 0.2) is 4.42 Å². The van der Waals surface area contributed by atoms with Crippen LogP contribution in [0.4, 0.5) is 4.79 Å². The quantitative estimate of drug-likeness (QED) is 0.812. The molecule has 1 unspecified atom stereocenters. The Kier molecular flexibility index (Phi) is 4.90. The summed E-state index contributed by atoms with van der Waals surface area (Å²) in [6, 6.07) is -0.663. The van der Waals surface area contributed by atoms with Crippen molar-refractivity contribution in [1.82, 2.24) is 10.6 Å². The number of carbonyl (C=O) groups excluding carboxylic acids is 3. The van der Waals surface area contributed by atoms with Crippen molar-refractivity contribution in [2.75, 3.05) is 7.05 Å². The van der Waals surface area contributed by atoms with Gasteiger partial charge in [0.2, 0.25) is 0 Å². The molecule has 7 heteroatoms. The standard InChI is InChI=1S/C13H18N2O5/c1-6-7(2)19-8(3)10(6)12(17)20-9(4)11(16)15-13(18)14-5/h9H,1-5H3,(H2,14,15,16,18). The van der Waals surface area contributed by atoms with Crippen molar-refractivity contribution >= 4 is 17.9 Å². The summed E-state index contributed by atoms with van der Waals surface area (Å²) in [5.74, 6) is -0.301. The smallest absolute Gasteiger partial charge is 0.342 e. The lowest BCUT2D eigenvalue weighted by atomic mass is 10.1. The van der Waals surface area contributed by atoms with Gasteiger partial charge < -0.3 is 14.5 Å². The lowest BCUT2D eigenvalue weighted by Crippen LogP contribution is -2.43. The van der Waals surface area contributed by atoms with Gasteiger partial charge in [-0.1, -0.05) is 0 Å². The number of aryl methyl sites for hydroxylation is 2. The molecule has 2 N–H and O–H groups in total. The second kappa shape index (κ2) is 6.23. The molecule has 0 fully saturated rings. The fourth-order valence-electron chi connectivity index (χ4n) is 1.64. The number of esters is 1. The van der Waals surface area contributed by atoms with Gasteiger partial charge in [-0.05, 0) is 27.7 Å². The van der Waals surface area contributed by atoms with E-state index >= 15 is 0 Å². The van der Waals surface area contributed by atoms with E-state index in [1.807, 2.05) is 5.32 Å². The van der Waals surface area contributed by atoms with E-state index < -0.39 is 24.0 Å². The Bertz CT molecular complexity index is 547. The molecule has 3 amide bonds. The number of rotatable bonds is 3. The molecular weight excluding hydrogens is 264 g/mol. The Morgan fingerprint density at radius 3 is 2.20 bits per heavy atom. The van der Waals surface area contributed by atoms with Crippen LogP contribution in [0.2, 0.25) is 0 Å². The van der Waals surface area contributed by atoms with Gasteiger partial charge in [-0.2, -0.15) is 0 Å². The van der Waals surface area contributed by atoms with Gasteiger partial charge in [0.25, 0.3) is 5.91 Å². The molecule has 0 saturated carbocycles. The van der Waals surface area contributed by atoms with Crippen LogP contribution in [0, 0.1) is 20.8 Å². The summed E-state index contributed by atoms with van der Waals surface area (Å²) in [5, 5.41) is 4.26. The van der Waals surface area contributed by atoms with Gasteiger partial charge >= 0.3 is 12.0 Å². The molecule has 1 rings (SSSR count). The molecule has 7 nitrogen and oxygen atoms in total. The SMILES string of the molecule is CNC(=O)NC(=O)C(C)OC(=O)c1c(C)oc(C)c1C. The van der Waals surface area contributed by atoms with Crippen LogP contribution in [0.25, 0.3) is 0 Å². The molecule has 1 aromatic rings. The second-order valence-corrected chi connectivity index (χ2v) is 4.33. The predicted octanol–water partition coefficient (Wildman–Crippen LogP) is 1.21. The number of furan rings is 1. The minimum atomic E-state index is -1.09. The number of carbonyl (C=O) groups is 3. The Labute approximate surface area is 116 Å². The number of urea groups is 1. The molecule has 0 aliphatic rings. The predicted molar refractivity (Wildman–Crippen MR) is 70.4 cm³/mol. The Morgan fingerprint density at radius 1 is 1.15 bits per heavy atom. The largest absolute Gasteiger partial charge is 0.465 e. The van der Waals surface area contributed by atoms with Crippen molar-refractivity contribution in [3.05, 3.63) is 22.6 Å². The summed E-state index contributed by atoms with van der Waals surface area (Å²) in [6.45, 7) is 6.50. The first-order valence-corrected chi connectivity index (χ1v) is 6.08. The zero-order chi connectivity index (χ0) is 15.4. The summed E-state index contributed by atoms with van der Waals surface area (Å²) >= 11 is 0. The van der Waals surface area contributed by atoms with Crippen molar-refractivity contribution in [1.29, 1.82) is 0 Å². The zero-order valence-corrected chi connectivity index (χ0v) is 12.1. The van der Waals surface area contributed by atoms with Crippen LogP contribution in [-0.4, -0.2) is 31.1 Å². The van der Waals surface area contributed by atoms with Gasteiger partial charge in [0.05, 0.1) is 0 Å². The average molecular weight is 282 g/mol. The van der Waals surface area contributed by atoms with Crippen LogP contribution < -0.4 is 10.6 Å². The van der Waals surface area contributed by atoms with Gasteiger partial charge in [0.1, 0.15) is 17.1 Å². The second-order valence-electron chi connectivity index (χ2n) is 4.33. The highest BCUT2D eigenvalue weighted by atomic mass is 16.5. The van der Waals surface area contributed by atoms with Gasteiger partial charge in [-0.25, -0.2) is 9.59 Å². The van der Waals surface area contributed by atoms with E-state index in [0.717, 1.165) is 0 Å². The Morgan fingerprint density at radius 2 is 1.75 bits per heavy atom. The van der Waals surface area contributed by atoms with Crippen molar-refractivity contribution in [2.45, 2.75) is 33.8 Å². The van der Waals surface area contributed by atoms with E-state index in [9.17, 15) is 14.4 Å². The fourth-order valence-corrected chi connectivity index (χ4v) is 1.64. The summed E-state index contributed by atoms with van der Waals surface area (Å²) in [6.07, 6.45) is -1.09. The molecule has 1 aromatic heterocycles. The molecule has 0 spiro atoms. The molecule has 1 atom stereocenters. The lowest BCUT2D eigenvalue weighted by molar-refractivity contribution is -0.127. The molecule has 0 aliphatic heterocycles. The molecule has 20 heavy (non-hydrogen) atoms. The number of imide groups is 1. The maximum atomic E-state index is 12.0. The van der Waals surface area contributed by atoms with Gasteiger partial charge in [0, 0.05) is 12.6 Å². The number of hydrogen-bond acceptors (Lipinski definition) is 5. The summed E-state index contributed by atoms with van der Waals surface area (Å²) in [7, 11) is 1.38. The lowest BCUT2D eigenvalue weighted by Gasteiger charge is -2.12. The van der Waals surface area contributed by atoms with E-state index in [0.29, 0.717) is 22.6 Å².